The van der Waals surface area contributed by atoms with Crippen LogP contribution in [0.4, 0.5) is 5.69 Å². The quantitative estimate of drug-likeness (QED) is 0.290. The van der Waals surface area contributed by atoms with Gasteiger partial charge in [-0.15, -0.1) is 0 Å². The van der Waals surface area contributed by atoms with Crippen molar-refractivity contribution in [3.8, 4) is 0 Å². The molecule has 1 atom stereocenters. The number of anilines is 1. The van der Waals surface area contributed by atoms with Gasteiger partial charge in [0, 0.05) is 29.6 Å². The molecule has 0 radical (unpaired) electrons. The van der Waals surface area contributed by atoms with Crippen LogP contribution in [-0.2, 0) is 32.6 Å². The average molecular weight is 611 g/mol. The van der Waals surface area contributed by atoms with Gasteiger partial charge in [-0.3, -0.25) is 13.9 Å². The van der Waals surface area contributed by atoms with Crippen LogP contribution in [-0.4, -0.2) is 50.5 Å². The first-order valence-electron chi connectivity index (χ1n) is 12.3. The van der Waals surface area contributed by atoms with Crippen molar-refractivity contribution >= 4 is 62.3 Å². The molecule has 0 aromatic heterocycles. The molecule has 0 bridgehead atoms. The molecule has 0 heterocycles. The van der Waals surface area contributed by atoms with Crippen LogP contribution in [0.1, 0.15) is 24.5 Å². The molecule has 1 N–H and O–H groups in total. The van der Waals surface area contributed by atoms with Gasteiger partial charge in [0.15, 0.2) is 0 Å². The average Bonchev–Trinajstić information content (AvgIpc) is 2.89. The predicted octanol–water partition coefficient (Wildman–Crippen LogP) is 5.58. The maximum atomic E-state index is 14.0. The standard InChI is InChI=1S/C28H30Cl3N3O4S/c1-3-15-32-28(36)26(16-20-9-5-4-6-10-20)33(18-21-13-14-22(29)17-24(21)31)27(35)19-34(39(2,37)38)25-12-8-7-11-23(25)30/h4-14,17,26H,3,15-16,18-19H2,1-2H3,(H,32,36). The Morgan fingerprint density at radius 1 is 0.923 bits per heavy atom. The summed E-state index contributed by atoms with van der Waals surface area (Å²) >= 11 is 18.8. The molecule has 3 aromatic rings. The summed E-state index contributed by atoms with van der Waals surface area (Å²) in [6.45, 7) is 1.73. The van der Waals surface area contributed by atoms with E-state index in [0.717, 1.165) is 16.1 Å². The minimum Gasteiger partial charge on any atom is -0.354 e. The second-order valence-electron chi connectivity index (χ2n) is 8.97. The number of carbonyl (C=O) groups is 2. The lowest BCUT2D eigenvalue weighted by Gasteiger charge is -2.33. The van der Waals surface area contributed by atoms with Gasteiger partial charge in [0.25, 0.3) is 0 Å². The molecule has 2 amide bonds. The summed E-state index contributed by atoms with van der Waals surface area (Å²) in [6, 6.07) is 19.6. The van der Waals surface area contributed by atoms with E-state index in [4.69, 9.17) is 34.8 Å². The van der Waals surface area contributed by atoms with E-state index in [1.807, 2.05) is 37.3 Å². The topological polar surface area (TPSA) is 86.8 Å². The SMILES string of the molecule is CCCNC(=O)C(Cc1ccccc1)N(Cc1ccc(Cl)cc1Cl)C(=O)CN(c1ccccc1Cl)S(C)(=O)=O. The van der Waals surface area contributed by atoms with Crippen LogP contribution >= 0.6 is 34.8 Å². The van der Waals surface area contributed by atoms with Crippen LogP contribution < -0.4 is 9.62 Å². The minimum atomic E-state index is -3.92. The van der Waals surface area contributed by atoms with E-state index in [0.29, 0.717) is 28.6 Å². The normalized spacial score (nSPS) is 12.0. The molecule has 0 aliphatic rings. The van der Waals surface area contributed by atoms with Gasteiger partial charge in [-0.1, -0.05) is 90.3 Å². The summed E-state index contributed by atoms with van der Waals surface area (Å²) in [5.41, 5.74) is 1.55. The number of para-hydroxylation sites is 1. The lowest BCUT2D eigenvalue weighted by molar-refractivity contribution is -0.140. The van der Waals surface area contributed by atoms with Crippen molar-refractivity contribution in [2.75, 3.05) is 23.7 Å². The number of carbonyl (C=O) groups excluding carboxylic acids is 2. The number of sulfonamides is 1. The molecule has 7 nitrogen and oxygen atoms in total. The molecule has 0 fully saturated rings. The van der Waals surface area contributed by atoms with Crippen LogP contribution in [0.3, 0.4) is 0 Å². The third-order valence-corrected chi connectivity index (χ3v) is 8.01. The van der Waals surface area contributed by atoms with Crippen LogP contribution in [0.5, 0.6) is 0 Å². The van der Waals surface area contributed by atoms with E-state index in [-0.39, 0.29) is 29.6 Å². The number of nitrogens with one attached hydrogen (secondary N) is 1. The first-order valence-corrected chi connectivity index (χ1v) is 15.3. The molecular weight excluding hydrogens is 581 g/mol. The van der Waals surface area contributed by atoms with Crippen molar-refractivity contribution in [1.82, 2.24) is 10.2 Å². The molecule has 0 aliphatic heterocycles. The Morgan fingerprint density at radius 3 is 2.21 bits per heavy atom. The van der Waals surface area contributed by atoms with Gasteiger partial charge < -0.3 is 10.2 Å². The molecule has 1 unspecified atom stereocenters. The fourth-order valence-electron chi connectivity index (χ4n) is 4.00. The molecule has 11 heteroatoms. The third kappa shape index (κ3) is 8.60. The highest BCUT2D eigenvalue weighted by atomic mass is 35.5. The number of rotatable bonds is 12. The van der Waals surface area contributed by atoms with Crippen LogP contribution in [0.15, 0.2) is 72.8 Å². The lowest BCUT2D eigenvalue weighted by atomic mass is 10.0. The van der Waals surface area contributed by atoms with Crippen molar-refractivity contribution in [1.29, 1.82) is 0 Å². The zero-order valence-electron chi connectivity index (χ0n) is 21.6. The molecule has 3 aromatic carbocycles. The van der Waals surface area contributed by atoms with Crippen molar-refractivity contribution in [2.45, 2.75) is 32.4 Å². The van der Waals surface area contributed by atoms with E-state index in [1.54, 1.807) is 36.4 Å². The lowest BCUT2D eigenvalue weighted by Crippen LogP contribution is -2.53. The summed E-state index contributed by atoms with van der Waals surface area (Å²) in [5, 5.41) is 3.79. The zero-order chi connectivity index (χ0) is 28.6. The molecule has 39 heavy (non-hydrogen) atoms. The molecule has 0 aliphatic carbocycles. The van der Waals surface area contributed by atoms with Crippen molar-refractivity contribution in [2.24, 2.45) is 0 Å². The maximum absolute atomic E-state index is 14.0. The summed E-state index contributed by atoms with van der Waals surface area (Å²) < 4.78 is 26.6. The van der Waals surface area contributed by atoms with Gasteiger partial charge in [-0.2, -0.15) is 0 Å². The van der Waals surface area contributed by atoms with Gasteiger partial charge in [-0.05, 0) is 41.8 Å². The van der Waals surface area contributed by atoms with Crippen molar-refractivity contribution in [3.63, 3.8) is 0 Å². The number of amides is 2. The highest BCUT2D eigenvalue weighted by Gasteiger charge is 2.33. The van der Waals surface area contributed by atoms with E-state index >= 15 is 0 Å². The molecule has 3 rings (SSSR count). The van der Waals surface area contributed by atoms with E-state index in [1.165, 1.54) is 11.0 Å². The highest BCUT2D eigenvalue weighted by Crippen LogP contribution is 2.28. The number of hydrogen-bond acceptors (Lipinski definition) is 4. The first-order chi connectivity index (χ1) is 18.5. The van der Waals surface area contributed by atoms with Crippen LogP contribution in [0.25, 0.3) is 0 Å². The fraction of sp³-hybridized carbons (Fsp3) is 0.286. The van der Waals surface area contributed by atoms with Crippen molar-refractivity contribution in [3.05, 3.63) is 99.0 Å². The fourth-order valence-corrected chi connectivity index (χ4v) is 5.62. The summed E-state index contributed by atoms with van der Waals surface area (Å²) in [6.07, 6.45) is 1.91. The Kier molecular flexibility index (Phi) is 11.1. The second kappa shape index (κ2) is 14.0. The van der Waals surface area contributed by atoms with Crippen molar-refractivity contribution < 1.29 is 18.0 Å². The first kappa shape index (κ1) is 30.8. The Balaban J connectivity index is 2.08. The van der Waals surface area contributed by atoms with E-state index in [2.05, 4.69) is 5.32 Å². The van der Waals surface area contributed by atoms with Crippen LogP contribution in [0.2, 0.25) is 15.1 Å². The summed E-state index contributed by atoms with van der Waals surface area (Å²) in [4.78, 5) is 28.8. The highest BCUT2D eigenvalue weighted by molar-refractivity contribution is 7.92. The van der Waals surface area contributed by atoms with Gasteiger partial charge in [0.1, 0.15) is 12.6 Å². The molecule has 208 valence electrons. The number of halogens is 3. The Labute approximate surface area is 244 Å². The van der Waals surface area contributed by atoms with Gasteiger partial charge in [0.2, 0.25) is 21.8 Å². The number of nitrogens with zero attached hydrogens (tertiary/aromatic N) is 2. The number of hydrogen-bond donors (Lipinski definition) is 1. The summed E-state index contributed by atoms with van der Waals surface area (Å²) in [5.74, 6) is -0.957. The van der Waals surface area contributed by atoms with E-state index < -0.39 is 28.5 Å². The molecule has 0 saturated carbocycles. The zero-order valence-corrected chi connectivity index (χ0v) is 24.7. The van der Waals surface area contributed by atoms with Gasteiger partial charge in [0.05, 0.1) is 17.0 Å². The molecule has 0 saturated heterocycles. The predicted molar refractivity (Wildman–Crippen MR) is 158 cm³/mol. The Morgan fingerprint density at radius 2 is 1.59 bits per heavy atom. The van der Waals surface area contributed by atoms with Crippen LogP contribution in [0, 0.1) is 0 Å². The summed E-state index contributed by atoms with van der Waals surface area (Å²) in [7, 11) is -3.92. The Bertz CT molecular complexity index is 1400. The maximum Gasteiger partial charge on any atom is 0.244 e. The smallest absolute Gasteiger partial charge is 0.244 e. The molecular formula is C28H30Cl3N3O4S. The monoisotopic (exact) mass is 609 g/mol. The molecule has 0 spiro atoms. The van der Waals surface area contributed by atoms with Gasteiger partial charge >= 0.3 is 0 Å². The van der Waals surface area contributed by atoms with Gasteiger partial charge in [-0.25, -0.2) is 8.42 Å². The van der Waals surface area contributed by atoms with E-state index in [9.17, 15) is 18.0 Å². The minimum absolute atomic E-state index is 0.0496. The number of benzene rings is 3. The third-order valence-electron chi connectivity index (χ3n) is 5.98. The second-order valence-corrected chi connectivity index (χ2v) is 12.1. The largest absolute Gasteiger partial charge is 0.354 e. The Hall–Kier alpha value is -2.78.